The van der Waals surface area contributed by atoms with Gasteiger partial charge in [-0.1, -0.05) is 0 Å². The number of methoxy groups -OCH3 is 2. The van der Waals surface area contributed by atoms with Crippen molar-refractivity contribution in [2.75, 3.05) is 14.2 Å². The maximum atomic E-state index is 11.2. The summed E-state index contributed by atoms with van der Waals surface area (Å²) in [6.07, 6.45) is 0. The number of hydrogen-bond acceptors (Lipinski definition) is 7. The molecule has 0 bridgehead atoms. The highest BCUT2D eigenvalue weighted by Gasteiger charge is 2.16. The maximum Gasteiger partial charge on any atom is 0.339 e. The van der Waals surface area contributed by atoms with Gasteiger partial charge >= 0.3 is 18.0 Å². The quantitative estimate of drug-likeness (QED) is 0.894. The molecule has 110 valence electrons. The first-order valence-electron chi connectivity index (χ1n) is 5.58. The zero-order valence-corrected chi connectivity index (χ0v) is 11.8. The predicted octanol–water partition coefficient (Wildman–Crippen LogP) is 2.03. The summed E-state index contributed by atoms with van der Waals surface area (Å²) in [5, 5.41) is 9.04. The van der Waals surface area contributed by atoms with Crippen molar-refractivity contribution in [3.05, 3.63) is 29.0 Å². The number of carboxylic acid groups (broad SMARTS) is 1. The summed E-state index contributed by atoms with van der Waals surface area (Å²) in [5.41, 5.74) is -0.107. The van der Waals surface area contributed by atoms with Crippen molar-refractivity contribution in [3.63, 3.8) is 0 Å². The molecule has 0 aliphatic rings. The lowest BCUT2D eigenvalue weighted by Crippen LogP contribution is -2.03. The van der Waals surface area contributed by atoms with Crippen LogP contribution in [-0.4, -0.2) is 40.2 Å². The van der Waals surface area contributed by atoms with Gasteiger partial charge in [-0.15, -0.1) is 4.98 Å². The number of halogens is 1. The van der Waals surface area contributed by atoms with Crippen LogP contribution in [-0.2, 0) is 0 Å². The molecule has 0 unspecified atom stereocenters. The van der Waals surface area contributed by atoms with Crippen LogP contribution in [0.25, 0.3) is 0 Å². The molecule has 8 nitrogen and oxygen atoms in total. The maximum absolute atomic E-state index is 11.2. The third-order valence-electron chi connectivity index (χ3n) is 2.37. The van der Waals surface area contributed by atoms with E-state index >= 15 is 0 Å². The molecule has 0 spiro atoms. The van der Waals surface area contributed by atoms with E-state index in [1.54, 1.807) is 6.07 Å². The van der Waals surface area contributed by atoms with E-state index < -0.39 is 5.97 Å². The van der Waals surface area contributed by atoms with Crippen molar-refractivity contribution < 1.29 is 24.1 Å². The zero-order valence-electron chi connectivity index (χ0n) is 11.0. The first kappa shape index (κ1) is 14.8. The van der Waals surface area contributed by atoms with E-state index in [0.717, 1.165) is 0 Å². The van der Waals surface area contributed by atoms with Gasteiger partial charge in [-0.3, -0.25) is 0 Å². The summed E-state index contributed by atoms with van der Waals surface area (Å²) in [6.45, 7) is 0. The SMILES string of the molecule is COc1ccc(Oc2nc(Cl)nc(OC)n2)c(C(=O)O)c1. The summed E-state index contributed by atoms with van der Waals surface area (Å²) in [5.74, 6) is -0.769. The summed E-state index contributed by atoms with van der Waals surface area (Å²) >= 11 is 5.69. The first-order valence-corrected chi connectivity index (χ1v) is 5.96. The van der Waals surface area contributed by atoms with E-state index in [9.17, 15) is 9.90 Å². The van der Waals surface area contributed by atoms with Crippen molar-refractivity contribution in [1.82, 2.24) is 15.0 Å². The lowest BCUT2D eigenvalue weighted by Gasteiger charge is -2.09. The molecule has 0 amide bonds. The lowest BCUT2D eigenvalue weighted by molar-refractivity contribution is 0.0693. The molecule has 1 heterocycles. The monoisotopic (exact) mass is 311 g/mol. The van der Waals surface area contributed by atoms with E-state index in [4.69, 9.17) is 25.8 Å². The Kier molecular flexibility index (Phi) is 4.39. The highest BCUT2D eigenvalue weighted by Crippen LogP contribution is 2.28. The van der Waals surface area contributed by atoms with Crippen molar-refractivity contribution >= 4 is 17.6 Å². The Morgan fingerprint density at radius 2 is 1.86 bits per heavy atom. The number of benzene rings is 1. The minimum Gasteiger partial charge on any atom is -0.497 e. The fraction of sp³-hybridized carbons (Fsp3) is 0.167. The fourth-order valence-electron chi connectivity index (χ4n) is 1.44. The number of rotatable bonds is 5. The average Bonchev–Trinajstić information content (AvgIpc) is 2.46. The van der Waals surface area contributed by atoms with Gasteiger partial charge in [-0.2, -0.15) is 9.97 Å². The zero-order chi connectivity index (χ0) is 15.4. The number of aromatic nitrogens is 3. The van der Waals surface area contributed by atoms with Crippen LogP contribution < -0.4 is 14.2 Å². The van der Waals surface area contributed by atoms with E-state index in [1.165, 1.54) is 26.4 Å². The molecule has 0 saturated carbocycles. The summed E-state index contributed by atoms with van der Waals surface area (Å²) in [4.78, 5) is 22.5. The summed E-state index contributed by atoms with van der Waals surface area (Å²) in [6, 6.07) is 4.06. The molecule has 1 aromatic heterocycles. The van der Waals surface area contributed by atoms with Crippen molar-refractivity contribution in [2.24, 2.45) is 0 Å². The van der Waals surface area contributed by atoms with Crippen LogP contribution in [0.2, 0.25) is 5.28 Å². The van der Waals surface area contributed by atoms with E-state index in [-0.39, 0.29) is 28.6 Å². The predicted molar refractivity (Wildman–Crippen MR) is 71.4 cm³/mol. The Morgan fingerprint density at radius 1 is 1.14 bits per heavy atom. The van der Waals surface area contributed by atoms with Gasteiger partial charge in [0.1, 0.15) is 17.1 Å². The van der Waals surface area contributed by atoms with Gasteiger partial charge in [-0.05, 0) is 29.8 Å². The molecule has 0 fully saturated rings. The molecule has 0 saturated heterocycles. The van der Waals surface area contributed by atoms with Crippen LogP contribution in [0, 0.1) is 0 Å². The van der Waals surface area contributed by atoms with Crippen LogP contribution >= 0.6 is 11.6 Å². The van der Waals surface area contributed by atoms with Crippen molar-refractivity contribution in [1.29, 1.82) is 0 Å². The lowest BCUT2D eigenvalue weighted by atomic mass is 10.2. The van der Waals surface area contributed by atoms with E-state index in [0.29, 0.717) is 5.75 Å². The molecule has 21 heavy (non-hydrogen) atoms. The second-order valence-electron chi connectivity index (χ2n) is 3.64. The summed E-state index contributed by atoms with van der Waals surface area (Å²) < 4.78 is 15.1. The molecule has 1 N–H and O–H groups in total. The van der Waals surface area contributed by atoms with Crippen molar-refractivity contribution in [2.45, 2.75) is 0 Å². The van der Waals surface area contributed by atoms with Gasteiger partial charge in [0.05, 0.1) is 14.2 Å². The minimum atomic E-state index is -1.18. The largest absolute Gasteiger partial charge is 0.497 e. The van der Waals surface area contributed by atoms with Gasteiger partial charge in [0, 0.05) is 0 Å². The van der Waals surface area contributed by atoms with Gasteiger partial charge in [0.15, 0.2) is 0 Å². The highest BCUT2D eigenvalue weighted by atomic mass is 35.5. The standard InChI is InChI=1S/C12H10ClN3O5/c1-19-6-3-4-8(7(5-6)9(17)18)21-12-15-10(13)14-11(16-12)20-2/h3-5H,1-2H3,(H,17,18). The molecule has 0 radical (unpaired) electrons. The molecular weight excluding hydrogens is 302 g/mol. The molecule has 9 heteroatoms. The van der Waals surface area contributed by atoms with E-state index in [1.807, 2.05) is 0 Å². The van der Waals surface area contributed by atoms with Crippen LogP contribution in [0.4, 0.5) is 0 Å². The fourth-order valence-corrected chi connectivity index (χ4v) is 1.59. The molecule has 2 rings (SSSR count). The number of carbonyl (C=O) groups is 1. The number of hydrogen-bond donors (Lipinski definition) is 1. The highest BCUT2D eigenvalue weighted by molar-refractivity contribution is 6.28. The molecular formula is C12H10ClN3O5. The average molecular weight is 312 g/mol. The minimum absolute atomic E-state index is 0.0348. The molecule has 2 aromatic rings. The third kappa shape index (κ3) is 3.48. The third-order valence-corrected chi connectivity index (χ3v) is 2.54. The first-order chi connectivity index (χ1) is 10.0. The Bertz CT molecular complexity index is 680. The molecule has 0 aliphatic carbocycles. The number of carboxylic acids is 1. The van der Waals surface area contributed by atoms with Gasteiger partial charge in [0.25, 0.3) is 0 Å². The Morgan fingerprint density at radius 3 is 2.48 bits per heavy atom. The van der Waals surface area contributed by atoms with Crippen LogP contribution in [0.5, 0.6) is 23.5 Å². The summed E-state index contributed by atoms with van der Waals surface area (Å²) in [7, 11) is 2.78. The van der Waals surface area contributed by atoms with Crippen LogP contribution in [0.3, 0.4) is 0 Å². The smallest absolute Gasteiger partial charge is 0.339 e. The van der Waals surface area contributed by atoms with E-state index in [2.05, 4.69) is 15.0 Å². The Hall–Kier alpha value is -2.61. The van der Waals surface area contributed by atoms with Gasteiger partial charge < -0.3 is 19.3 Å². The Labute approximate surface area is 124 Å². The van der Waals surface area contributed by atoms with Crippen LogP contribution in [0.15, 0.2) is 18.2 Å². The topological polar surface area (TPSA) is 104 Å². The van der Waals surface area contributed by atoms with Crippen LogP contribution in [0.1, 0.15) is 10.4 Å². The normalized spacial score (nSPS) is 10.0. The molecule has 1 aromatic carbocycles. The van der Waals surface area contributed by atoms with Crippen molar-refractivity contribution in [3.8, 4) is 23.5 Å². The molecule has 0 atom stereocenters. The second-order valence-corrected chi connectivity index (χ2v) is 3.98. The van der Waals surface area contributed by atoms with Gasteiger partial charge in [-0.25, -0.2) is 4.79 Å². The number of ether oxygens (including phenoxy) is 3. The molecule has 0 aliphatic heterocycles. The Balaban J connectivity index is 2.39. The number of nitrogens with zero attached hydrogens (tertiary/aromatic N) is 3. The van der Waals surface area contributed by atoms with Gasteiger partial charge in [0.2, 0.25) is 5.28 Å². The second kappa shape index (κ2) is 6.23. The number of aromatic carboxylic acids is 1.